The number of hydrogen-bond acceptors (Lipinski definition) is 0. The lowest BCUT2D eigenvalue weighted by molar-refractivity contribution is 1.18. The third-order valence-electron chi connectivity index (χ3n) is 12.5. The van der Waals surface area contributed by atoms with Gasteiger partial charge >= 0.3 is 0 Å². The second-order valence-electron chi connectivity index (χ2n) is 15.9. The molecular weight excluding hydrogens is 735 g/mol. The maximum absolute atomic E-state index is 2.49. The predicted molar refractivity (Wildman–Crippen MR) is 257 cm³/mol. The molecule has 1 aromatic heterocycles. The minimum atomic E-state index is 1.16. The highest BCUT2D eigenvalue weighted by atomic mass is 15.0. The standard InChI is InChI=1S/C60H39N/c1-7-21-40(22-8-1)48-38-51-52(39-49(48)41-23-9-2-10-24-41)59-58(45-35-36-54-50(37-45)47-33-19-20-34-53(47)61(54)46-31-17-6-18-32-46)56(43-27-13-4-14-28-43)57(44-29-15-5-16-30-44)60(59)55(51)42-25-11-3-12-26-42/h1-39H. The zero-order valence-electron chi connectivity index (χ0n) is 33.5. The molecule has 0 atom stereocenters. The van der Waals surface area contributed by atoms with Gasteiger partial charge < -0.3 is 4.57 Å². The fourth-order valence-corrected chi connectivity index (χ4v) is 9.97. The predicted octanol–water partition coefficient (Wildman–Crippen LogP) is 15.5. The van der Waals surface area contributed by atoms with Crippen LogP contribution in [0.25, 0.3) is 77.6 Å². The van der Waals surface area contributed by atoms with E-state index in [2.05, 4.69) is 241 Å². The van der Waals surface area contributed by atoms with E-state index in [0.29, 0.717) is 0 Å². The smallest absolute Gasteiger partial charge is 0.0541 e. The minimum absolute atomic E-state index is 1.16. The number of hydrogen-bond donors (Lipinski definition) is 0. The summed E-state index contributed by atoms with van der Waals surface area (Å²) in [7, 11) is 0. The van der Waals surface area contributed by atoms with E-state index in [1.54, 1.807) is 0 Å². The van der Waals surface area contributed by atoms with Gasteiger partial charge in [0.1, 0.15) is 0 Å². The Morgan fingerprint density at radius 1 is 0.213 bits per heavy atom. The molecule has 0 radical (unpaired) electrons. The van der Waals surface area contributed by atoms with Gasteiger partial charge in [0.25, 0.3) is 0 Å². The lowest BCUT2D eigenvalue weighted by Crippen LogP contribution is -1.97. The molecule has 12 rings (SSSR count). The number of benzene rings is 9. The molecule has 0 amide bonds. The Labute approximate surface area is 356 Å². The van der Waals surface area contributed by atoms with Crippen molar-refractivity contribution in [3.05, 3.63) is 276 Å². The summed E-state index contributed by atoms with van der Waals surface area (Å²) >= 11 is 0. The van der Waals surface area contributed by atoms with Crippen molar-refractivity contribution in [2.75, 3.05) is 0 Å². The molecule has 61 heavy (non-hydrogen) atoms. The first-order chi connectivity index (χ1) is 30.3. The summed E-state index contributed by atoms with van der Waals surface area (Å²) in [5.74, 6) is 0. The molecule has 1 heteroatoms. The average Bonchev–Trinajstić information content (AvgIpc) is 3.98. The van der Waals surface area contributed by atoms with Crippen molar-refractivity contribution in [1.82, 2.24) is 4.57 Å². The third kappa shape index (κ3) is 5.63. The third-order valence-corrected chi connectivity index (χ3v) is 12.5. The van der Waals surface area contributed by atoms with Crippen LogP contribution in [-0.4, -0.2) is 4.57 Å². The van der Waals surface area contributed by atoms with Gasteiger partial charge in [0.05, 0.1) is 11.0 Å². The van der Waals surface area contributed by atoms with Gasteiger partial charge in [-0.2, -0.15) is 0 Å². The van der Waals surface area contributed by atoms with E-state index in [1.807, 2.05) is 0 Å². The van der Waals surface area contributed by atoms with Crippen molar-refractivity contribution in [3.63, 3.8) is 0 Å². The van der Waals surface area contributed by atoms with E-state index in [0.717, 1.165) is 5.69 Å². The summed E-state index contributed by atoms with van der Waals surface area (Å²) in [6.07, 6.45) is 0. The van der Waals surface area contributed by atoms with Crippen LogP contribution < -0.4 is 0 Å². The maximum atomic E-state index is 2.49. The van der Waals surface area contributed by atoms with Crippen LogP contribution in [0.3, 0.4) is 0 Å². The topological polar surface area (TPSA) is 4.93 Å². The lowest BCUT2D eigenvalue weighted by atomic mass is 9.84. The Hall–Kier alpha value is -8.00. The van der Waals surface area contributed by atoms with Crippen molar-refractivity contribution >= 4 is 49.7 Å². The van der Waals surface area contributed by atoms with Gasteiger partial charge in [0, 0.05) is 16.5 Å². The van der Waals surface area contributed by atoms with Crippen molar-refractivity contribution < 1.29 is 0 Å². The van der Waals surface area contributed by atoms with Crippen molar-refractivity contribution in [1.29, 1.82) is 0 Å². The van der Waals surface area contributed by atoms with Gasteiger partial charge in [-0.3, -0.25) is 0 Å². The van der Waals surface area contributed by atoms with E-state index >= 15 is 0 Å². The second kappa shape index (κ2) is 14.4. The summed E-state index contributed by atoms with van der Waals surface area (Å²) in [6, 6.07) is 86.7. The first-order valence-electron chi connectivity index (χ1n) is 21.1. The summed E-state index contributed by atoms with van der Waals surface area (Å²) in [6.45, 7) is 0. The molecule has 0 fully saturated rings. The normalized spacial score (nSPS) is 13.4. The zero-order valence-corrected chi connectivity index (χ0v) is 33.5. The SMILES string of the molecule is c1ccc(C2=C(c3ccccc3)C(c3ccc4c(c3)c3ccccc3n4-c3ccccc3)=C3C2=C(c2ccccc2)c2cc(-c4ccccc4)c(-c4ccccc4)cc23)cc1. The summed E-state index contributed by atoms with van der Waals surface area (Å²) < 4.78 is 2.41. The molecule has 284 valence electrons. The van der Waals surface area contributed by atoms with Crippen LogP contribution >= 0.6 is 0 Å². The van der Waals surface area contributed by atoms with Gasteiger partial charge in [0.15, 0.2) is 0 Å². The van der Waals surface area contributed by atoms with Crippen molar-refractivity contribution in [2.24, 2.45) is 0 Å². The van der Waals surface area contributed by atoms with Gasteiger partial charge in [-0.25, -0.2) is 0 Å². The molecule has 2 aliphatic carbocycles. The van der Waals surface area contributed by atoms with Crippen LogP contribution in [0.2, 0.25) is 0 Å². The molecule has 0 N–H and O–H groups in total. The van der Waals surface area contributed by atoms with Crippen LogP contribution in [0.1, 0.15) is 33.4 Å². The zero-order chi connectivity index (χ0) is 40.3. The molecule has 10 aromatic rings. The fraction of sp³-hybridized carbons (Fsp3) is 0. The molecule has 0 saturated heterocycles. The van der Waals surface area contributed by atoms with Crippen LogP contribution in [-0.2, 0) is 0 Å². The summed E-state index contributed by atoms with van der Waals surface area (Å²) in [5, 5.41) is 2.48. The summed E-state index contributed by atoms with van der Waals surface area (Å²) in [5.41, 5.74) is 23.4. The van der Waals surface area contributed by atoms with Gasteiger partial charge in [-0.1, -0.05) is 194 Å². The van der Waals surface area contributed by atoms with Crippen LogP contribution in [0.5, 0.6) is 0 Å². The Kier molecular flexibility index (Phi) is 8.25. The van der Waals surface area contributed by atoms with Crippen LogP contribution in [0.15, 0.2) is 242 Å². The highest BCUT2D eigenvalue weighted by Crippen LogP contribution is 2.62. The fourth-order valence-electron chi connectivity index (χ4n) is 9.97. The molecule has 0 bridgehead atoms. The Bertz CT molecular complexity index is 3390. The Balaban J connectivity index is 1.25. The maximum Gasteiger partial charge on any atom is 0.0541 e. The number of rotatable bonds is 7. The monoisotopic (exact) mass is 773 g/mol. The van der Waals surface area contributed by atoms with E-state index < -0.39 is 0 Å². The largest absolute Gasteiger partial charge is 0.309 e. The molecule has 0 spiro atoms. The first-order valence-corrected chi connectivity index (χ1v) is 21.1. The van der Waals surface area contributed by atoms with Crippen molar-refractivity contribution in [3.8, 4) is 27.9 Å². The highest BCUT2D eigenvalue weighted by Gasteiger charge is 2.41. The van der Waals surface area contributed by atoms with E-state index in [-0.39, 0.29) is 0 Å². The molecule has 0 unspecified atom stereocenters. The molecule has 9 aromatic carbocycles. The summed E-state index contributed by atoms with van der Waals surface area (Å²) in [4.78, 5) is 0. The first kappa shape index (κ1) is 35.0. The highest BCUT2D eigenvalue weighted by molar-refractivity contribution is 6.39. The molecule has 1 nitrogen and oxygen atoms in total. The van der Waals surface area contributed by atoms with E-state index in [1.165, 1.54) is 111 Å². The lowest BCUT2D eigenvalue weighted by Gasteiger charge is -2.19. The number of fused-ring (bicyclic) bond motifs is 6. The Morgan fingerprint density at radius 2 is 0.607 bits per heavy atom. The number of allylic oxidation sites excluding steroid dienone is 5. The Morgan fingerprint density at radius 3 is 1.15 bits per heavy atom. The number of para-hydroxylation sites is 2. The molecule has 0 aliphatic heterocycles. The van der Waals surface area contributed by atoms with Gasteiger partial charge in [-0.05, 0) is 132 Å². The van der Waals surface area contributed by atoms with E-state index in [9.17, 15) is 0 Å². The van der Waals surface area contributed by atoms with Crippen LogP contribution in [0.4, 0.5) is 0 Å². The van der Waals surface area contributed by atoms with Crippen molar-refractivity contribution in [2.45, 2.75) is 0 Å². The molecule has 0 saturated carbocycles. The van der Waals surface area contributed by atoms with Gasteiger partial charge in [-0.15, -0.1) is 0 Å². The molecular formula is C60H39N. The molecule has 1 heterocycles. The van der Waals surface area contributed by atoms with E-state index in [4.69, 9.17) is 0 Å². The molecule has 2 aliphatic rings. The number of nitrogens with zero attached hydrogens (tertiary/aromatic N) is 1. The average molecular weight is 774 g/mol. The number of aromatic nitrogens is 1. The second-order valence-corrected chi connectivity index (χ2v) is 15.9. The van der Waals surface area contributed by atoms with Crippen LogP contribution in [0, 0.1) is 0 Å². The minimum Gasteiger partial charge on any atom is -0.309 e. The quantitative estimate of drug-likeness (QED) is 0.152. The van der Waals surface area contributed by atoms with Gasteiger partial charge in [0.2, 0.25) is 0 Å².